The first-order valence-electron chi connectivity index (χ1n) is 18.8. The van der Waals surface area contributed by atoms with Gasteiger partial charge < -0.3 is 13.2 Å². The summed E-state index contributed by atoms with van der Waals surface area (Å²) in [7, 11) is 0. The second-order valence-corrected chi connectivity index (χ2v) is 14.7. The predicted octanol–water partition coefficient (Wildman–Crippen LogP) is 12.8. The van der Waals surface area contributed by atoms with Crippen LogP contribution in [-0.4, -0.2) is 18.8 Å². The molecule has 1 fully saturated rings. The zero-order valence-electron chi connectivity index (χ0n) is 29.9. The van der Waals surface area contributed by atoms with Crippen LogP contribution in [0.4, 0.5) is 0 Å². The van der Waals surface area contributed by atoms with E-state index in [1.54, 1.807) is 0 Å². The number of benzene rings is 5. The number of nitrogens with zero attached hydrogens (tertiary/aromatic N) is 4. The molecule has 5 aromatic heterocycles. The molecule has 5 nitrogen and oxygen atoms in total. The van der Waals surface area contributed by atoms with Gasteiger partial charge in [0.25, 0.3) is 0 Å². The minimum atomic E-state index is 0.553. The average Bonchev–Trinajstić information content (AvgIpc) is 3.92. The summed E-state index contributed by atoms with van der Waals surface area (Å²) in [4.78, 5) is 9.63. The zero-order chi connectivity index (χ0) is 35.8. The summed E-state index contributed by atoms with van der Waals surface area (Å²) in [5.74, 6) is 0.553. The van der Waals surface area contributed by atoms with E-state index in [0.717, 1.165) is 50.4 Å². The van der Waals surface area contributed by atoms with Crippen LogP contribution in [0.2, 0.25) is 0 Å². The molecule has 1 saturated carbocycles. The van der Waals surface area contributed by atoms with E-state index in [2.05, 4.69) is 125 Å². The summed E-state index contributed by atoms with van der Waals surface area (Å²) in [5, 5.41) is 2.35. The number of imidazole rings is 2. The second kappa shape index (κ2) is 12.2. The Morgan fingerprint density at radius 2 is 1.07 bits per heavy atom. The fourth-order valence-corrected chi connectivity index (χ4v) is 8.22. The maximum absolute atomic E-state index is 6.61. The van der Waals surface area contributed by atoms with Crippen LogP contribution in [0.25, 0.3) is 89.1 Å². The lowest BCUT2D eigenvalue weighted by molar-refractivity contribution is 0.421. The molecule has 0 radical (unpaired) electrons. The van der Waals surface area contributed by atoms with E-state index >= 15 is 0 Å². The van der Waals surface area contributed by atoms with Crippen molar-refractivity contribution in [2.24, 2.45) is 0 Å². The van der Waals surface area contributed by atoms with Crippen molar-refractivity contribution >= 4 is 33.2 Å². The van der Waals surface area contributed by atoms with Gasteiger partial charge in [0, 0.05) is 46.7 Å². The lowest BCUT2D eigenvalue weighted by Gasteiger charge is -2.28. The van der Waals surface area contributed by atoms with Gasteiger partial charge in [0.1, 0.15) is 22.5 Å². The maximum Gasteiger partial charge on any atom is 0.137 e. The van der Waals surface area contributed by atoms with Gasteiger partial charge in [-0.25, -0.2) is 9.97 Å². The third kappa shape index (κ3) is 5.15. The number of fused-ring (bicyclic) bond motifs is 5. The summed E-state index contributed by atoms with van der Waals surface area (Å²) < 4.78 is 10.7. The van der Waals surface area contributed by atoms with E-state index < -0.39 is 0 Å². The van der Waals surface area contributed by atoms with Crippen LogP contribution >= 0.6 is 0 Å². The highest BCUT2D eigenvalue weighted by Gasteiger charge is 2.25. The van der Waals surface area contributed by atoms with E-state index in [0.29, 0.717) is 5.92 Å². The summed E-state index contributed by atoms with van der Waals surface area (Å²) in [5.41, 5.74) is 17.9. The molecule has 1 aliphatic rings. The van der Waals surface area contributed by atoms with Crippen LogP contribution in [0.1, 0.15) is 36.3 Å². The molecular formula is C49H36N4O. The molecule has 1 aliphatic carbocycles. The largest absolute Gasteiger partial charge is 0.456 e. The number of rotatable bonds is 6. The van der Waals surface area contributed by atoms with Gasteiger partial charge in [0.05, 0.1) is 11.4 Å². The van der Waals surface area contributed by atoms with E-state index in [4.69, 9.17) is 14.4 Å². The molecule has 54 heavy (non-hydrogen) atoms. The van der Waals surface area contributed by atoms with Crippen LogP contribution in [0.15, 0.2) is 163 Å². The molecule has 258 valence electrons. The van der Waals surface area contributed by atoms with Crippen molar-refractivity contribution in [1.82, 2.24) is 18.8 Å². The third-order valence-corrected chi connectivity index (χ3v) is 11.5. The first-order valence-corrected chi connectivity index (χ1v) is 18.8. The highest BCUT2D eigenvalue weighted by Crippen LogP contribution is 2.46. The molecule has 10 aromatic rings. The minimum Gasteiger partial charge on any atom is -0.456 e. The molecule has 11 rings (SSSR count). The van der Waals surface area contributed by atoms with Crippen molar-refractivity contribution < 1.29 is 4.42 Å². The second-order valence-electron chi connectivity index (χ2n) is 14.7. The van der Waals surface area contributed by atoms with Crippen molar-refractivity contribution in [2.75, 3.05) is 0 Å². The molecule has 0 bridgehead atoms. The number of hydrogen-bond acceptors (Lipinski definition) is 3. The number of furan rings is 1. The van der Waals surface area contributed by atoms with Crippen LogP contribution in [-0.2, 0) is 0 Å². The normalized spacial score (nSPS) is 13.4. The summed E-state index contributed by atoms with van der Waals surface area (Å²) >= 11 is 0. The highest BCUT2D eigenvalue weighted by atomic mass is 16.3. The fraction of sp³-hybridized carbons (Fsp3) is 0.102. The summed E-state index contributed by atoms with van der Waals surface area (Å²) in [6.07, 6.45) is 12.0. The van der Waals surface area contributed by atoms with Crippen molar-refractivity contribution in [3.8, 4) is 55.9 Å². The molecule has 0 saturated heterocycles. The van der Waals surface area contributed by atoms with Crippen molar-refractivity contribution in [2.45, 2.75) is 32.1 Å². The Bertz CT molecular complexity index is 2960. The van der Waals surface area contributed by atoms with Gasteiger partial charge >= 0.3 is 0 Å². The molecule has 5 heteroatoms. The molecular weight excluding hydrogens is 661 g/mol. The van der Waals surface area contributed by atoms with Gasteiger partial charge in [0.15, 0.2) is 0 Å². The monoisotopic (exact) mass is 696 g/mol. The van der Waals surface area contributed by atoms with Crippen molar-refractivity contribution in [3.05, 3.63) is 169 Å². The Balaban J connectivity index is 0.950. The topological polar surface area (TPSA) is 47.7 Å². The van der Waals surface area contributed by atoms with Gasteiger partial charge in [-0.05, 0) is 125 Å². The first-order chi connectivity index (χ1) is 26.6. The van der Waals surface area contributed by atoms with E-state index in [1.807, 2.05) is 48.8 Å². The molecule has 0 unspecified atom stereocenters. The van der Waals surface area contributed by atoms with Crippen LogP contribution in [0.5, 0.6) is 0 Å². The molecule has 0 N–H and O–H groups in total. The first kappa shape index (κ1) is 30.9. The quantitative estimate of drug-likeness (QED) is 0.174. The van der Waals surface area contributed by atoms with E-state index in [-0.39, 0.29) is 0 Å². The Morgan fingerprint density at radius 1 is 0.519 bits per heavy atom. The van der Waals surface area contributed by atoms with Crippen LogP contribution in [0.3, 0.4) is 0 Å². The molecule has 0 amide bonds. The van der Waals surface area contributed by atoms with Gasteiger partial charge in [0.2, 0.25) is 0 Å². The number of pyridine rings is 2. The van der Waals surface area contributed by atoms with Gasteiger partial charge in [-0.3, -0.25) is 0 Å². The standard InChI is InChI=1S/C49H36N4O/c1-31-11-12-37(32-13-17-35(18-14-32)44-29-52-23-4-2-9-48(52)50-44)25-39(31)41-28-47-43(27-40(41)34-7-6-8-34)42-26-38(21-22-46(42)54-47)33-15-19-36(20-16-33)45-30-53-24-5-3-10-49(53)51-45/h2-5,9-30,34H,6-8H2,1H3. The van der Waals surface area contributed by atoms with Gasteiger partial charge in [-0.2, -0.15) is 0 Å². The predicted molar refractivity (Wildman–Crippen MR) is 220 cm³/mol. The Hall–Kier alpha value is -6.72. The zero-order valence-corrected chi connectivity index (χ0v) is 29.9. The minimum absolute atomic E-state index is 0.553. The van der Waals surface area contributed by atoms with Gasteiger partial charge in [-0.1, -0.05) is 85.3 Å². The van der Waals surface area contributed by atoms with E-state index in [9.17, 15) is 0 Å². The number of aryl methyl sites for hydroxylation is 1. The molecule has 0 aliphatic heterocycles. The van der Waals surface area contributed by atoms with E-state index in [1.165, 1.54) is 69.2 Å². The van der Waals surface area contributed by atoms with Gasteiger partial charge in [-0.15, -0.1) is 0 Å². The SMILES string of the molecule is Cc1ccc(-c2ccc(-c3cn4ccccc4n3)cc2)cc1-c1cc2oc3ccc(-c4ccc(-c5cn6ccccc6n5)cc4)cc3c2cc1C1CCC1. The van der Waals surface area contributed by atoms with Crippen molar-refractivity contribution in [1.29, 1.82) is 0 Å². The third-order valence-electron chi connectivity index (χ3n) is 11.5. The maximum atomic E-state index is 6.61. The number of aromatic nitrogens is 4. The molecule has 0 spiro atoms. The summed E-state index contributed by atoms with van der Waals surface area (Å²) in [6.45, 7) is 2.23. The Kier molecular flexibility index (Phi) is 6.96. The Morgan fingerprint density at radius 3 is 1.67 bits per heavy atom. The van der Waals surface area contributed by atoms with Crippen molar-refractivity contribution in [3.63, 3.8) is 0 Å². The smallest absolute Gasteiger partial charge is 0.137 e. The lowest BCUT2D eigenvalue weighted by Crippen LogP contribution is -2.10. The average molecular weight is 697 g/mol. The van der Waals surface area contributed by atoms with Crippen LogP contribution in [0, 0.1) is 6.92 Å². The summed E-state index contributed by atoms with van der Waals surface area (Å²) in [6, 6.07) is 47.9. The van der Waals surface area contributed by atoms with Crippen LogP contribution < -0.4 is 0 Å². The molecule has 0 atom stereocenters. The highest BCUT2D eigenvalue weighted by molar-refractivity contribution is 6.08. The Labute approximate surface area is 312 Å². The molecule has 5 heterocycles. The molecule has 5 aromatic carbocycles. The fourth-order valence-electron chi connectivity index (χ4n) is 8.22. The lowest BCUT2D eigenvalue weighted by atomic mass is 9.76. The number of hydrogen-bond donors (Lipinski definition) is 0.